The van der Waals surface area contributed by atoms with Gasteiger partial charge in [0, 0.05) is 56.3 Å². The minimum Gasteiger partial charge on any atom is -0.347 e. The Kier molecular flexibility index (Phi) is 4.81. The Balaban J connectivity index is 1.27. The highest BCUT2D eigenvalue weighted by atomic mass is 32.1. The molecule has 1 aliphatic rings. The number of hydrogen-bond acceptors (Lipinski definition) is 7. The molecule has 1 aliphatic heterocycles. The van der Waals surface area contributed by atoms with E-state index in [0.29, 0.717) is 6.54 Å². The van der Waals surface area contributed by atoms with Gasteiger partial charge >= 0.3 is 0 Å². The molecule has 4 rings (SSSR count). The predicted octanol–water partition coefficient (Wildman–Crippen LogP) is 1.19. The summed E-state index contributed by atoms with van der Waals surface area (Å²) in [5, 5.41) is 5.04. The van der Waals surface area contributed by atoms with Crippen molar-refractivity contribution in [3.63, 3.8) is 0 Å². The zero-order valence-corrected chi connectivity index (χ0v) is 15.4. The zero-order valence-electron chi connectivity index (χ0n) is 14.6. The lowest BCUT2D eigenvalue weighted by atomic mass is 10.2. The van der Waals surface area contributed by atoms with E-state index in [2.05, 4.69) is 30.1 Å². The van der Waals surface area contributed by atoms with E-state index < -0.39 is 0 Å². The van der Waals surface area contributed by atoms with Gasteiger partial charge in [-0.1, -0.05) is 0 Å². The van der Waals surface area contributed by atoms with Crippen LogP contribution in [0.15, 0.2) is 36.2 Å². The van der Waals surface area contributed by atoms with Crippen molar-refractivity contribution >= 4 is 28.2 Å². The van der Waals surface area contributed by atoms with Crippen molar-refractivity contribution in [3.05, 3.63) is 41.9 Å². The quantitative estimate of drug-likeness (QED) is 0.726. The van der Waals surface area contributed by atoms with Crippen molar-refractivity contribution in [2.24, 2.45) is 0 Å². The Bertz CT molecular complexity index is 841. The first-order valence-electron chi connectivity index (χ1n) is 8.65. The smallest absolute Gasteiger partial charge is 0.234 e. The second-order valence-corrected chi connectivity index (χ2v) is 7.23. The number of nitrogens with one attached hydrogen (secondary N) is 1. The van der Waals surface area contributed by atoms with Crippen molar-refractivity contribution in [2.75, 3.05) is 37.6 Å². The fraction of sp³-hybridized carbons (Fsp3) is 0.412. The van der Waals surface area contributed by atoms with Crippen LogP contribution in [0, 0.1) is 0 Å². The monoisotopic (exact) mass is 371 g/mol. The Hall–Kier alpha value is -2.52. The number of fused-ring (bicyclic) bond motifs is 1. The topological polar surface area (TPSA) is 78.7 Å². The van der Waals surface area contributed by atoms with Crippen LogP contribution in [0.1, 0.15) is 18.7 Å². The van der Waals surface area contributed by atoms with Crippen molar-refractivity contribution in [3.8, 4) is 0 Å². The molecule has 3 aromatic heterocycles. The zero-order chi connectivity index (χ0) is 17.9. The van der Waals surface area contributed by atoms with Gasteiger partial charge in [-0.2, -0.15) is 0 Å². The number of nitrogens with zero attached hydrogens (tertiary/aromatic N) is 6. The molecule has 1 saturated heterocycles. The average Bonchev–Trinajstić information content (AvgIpc) is 3.25. The summed E-state index contributed by atoms with van der Waals surface area (Å²) in [6.07, 6.45) is 7.45. The van der Waals surface area contributed by atoms with Gasteiger partial charge in [0.2, 0.25) is 11.9 Å². The van der Waals surface area contributed by atoms with E-state index in [1.54, 1.807) is 23.7 Å². The Morgan fingerprint density at radius 2 is 2.04 bits per heavy atom. The molecule has 1 unspecified atom stereocenters. The van der Waals surface area contributed by atoms with Crippen LogP contribution in [0.5, 0.6) is 0 Å². The highest BCUT2D eigenvalue weighted by molar-refractivity contribution is 7.15. The summed E-state index contributed by atoms with van der Waals surface area (Å²) in [5.74, 6) is 0.781. The summed E-state index contributed by atoms with van der Waals surface area (Å²) in [4.78, 5) is 30.7. The second-order valence-electron chi connectivity index (χ2n) is 6.36. The number of amides is 1. The molecule has 1 N–H and O–H groups in total. The standard InChI is InChI=1S/C17H21N7OS/c1-13(14-11-24-9-10-26-17(24)21-14)20-15(25)12-22-5-7-23(8-6-22)16-18-3-2-4-19-16/h2-4,9-11,13H,5-8,12H2,1H3,(H,20,25). The molecule has 0 bridgehead atoms. The molecule has 0 saturated carbocycles. The number of hydrogen-bond donors (Lipinski definition) is 1. The number of carbonyl (C=O) groups is 1. The van der Waals surface area contributed by atoms with Crippen molar-refractivity contribution in [1.82, 2.24) is 29.6 Å². The van der Waals surface area contributed by atoms with Crippen LogP contribution >= 0.6 is 11.3 Å². The molecule has 136 valence electrons. The minimum atomic E-state index is -0.103. The number of carbonyl (C=O) groups excluding carboxylic acids is 1. The van der Waals surface area contributed by atoms with Crippen molar-refractivity contribution < 1.29 is 4.79 Å². The summed E-state index contributed by atoms with van der Waals surface area (Å²) >= 11 is 1.59. The highest BCUT2D eigenvalue weighted by Crippen LogP contribution is 2.16. The van der Waals surface area contributed by atoms with Gasteiger partial charge < -0.3 is 10.2 Å². The first-order valence-corrected chi connectivity index (χ1v) is 9.53. The molecular weight excluding hydrogens is 350 g/mol. The van der Waals surface area contributed by atoms with E-state index in [1.807, 2.05) is 35.2 Å². The normalized spacial score (nSPS) is 16.7. The molecule has 1 atom stereocenters. The molecule has 4 heterocycles. The fourth-order valence-electron chi connectivity index (χ4n) is 3.08. The van der Waals surface area contributed by atoms with Crippen LogP contribution in [-0.2, 0) is 4.79 Å². The largest absolute Gasteiger partial charge is 0.347 e. The van der Waals surface area contributed by atoms with Gasteiger partial charge in [0.15, 0.2) is 4.96 Å². The van der Waals surface area contributed by atoms with E-state index in [0.717, 1.165) is 42.8 Å². The molecule has 9 heteroatoms. The summed E-state index contributed by atoms with van der Waals surface area (Å²) in [7, 11) is 0. The molecular formula is C17H21N7OS. The SMILES string of the molecule is CC(NC(=O)CN1CCN(c2ncccn2)CC1)c1cn2ccsc2n1. The molecule has 0 aliphatic carbocycles. The van der Waals surface area contributed by atoms with Crippen LogP contribution in [-0.4, -0.2) is 62.9 Å². The number of rotatable bonds is 5. The Morgan fingerprint density at radius 1 is 1.27 bits per heavy atom. The molecule has 26 heavy (non-hydrogen) atoms. The summed E-state index contributed by atoms with van der Waals surface area (Å²) in [6.45, 7) is 5.65. The van der Waals surface area contributed by atoms with E-state index in [1.165, 1.54) is 0 Å². The summed E-state index contributed by atoms with van der Waals surface area (Å²) in [5.41, 5.74) is 0.885. The molecule has 1 amide bonds. The minimum absolute atomic E-state index is 0.0262. The van der Waals surface area contributed by atoms with E-state index >= 15 is 0 Å². The van der Waals surface area contributed by atoms with Gasteiger partial charge in [0.1, 0.15) is 0 Å². The molecule has 0 radical (unpaired) electrons. The second kappa shape index (κ2) is 7.38. The van der Waals surface area contributed by atoms with Crippen LogP contribution in [0.25, 0.3) is 4.96 Å². The maximum Gasteiger partial charge on any atom is 0.234 e. The first kappa shape index (κ1) is 16.9. The highest BCUT2D eigenvalue weighted by Gasteiger charge is 2.21. The number of aromatic nitrogens is 4. The third kappa shape index (κ3) is 3.68. The third-order valence-electron chi connectivity index (χ3n) is 4.51. The molecule has 1 fully saturated rings. The van der Waals surface area contributed by atoms with Gasteiger partial charge in [-0.15, -0.1) is 11.3 Å². The first-order chi connectivity index (χ1) is 12.7. The maximum absolute atomic E-state index is 12.4. The van der Waals surface area contributed by atoms with E-state index in [-0.39, 0.29) is 11.9 Å². The van der Waals surface area contributed by atoms with Gasteiger partial charge in [-0.25, -0.2) is 15.0 Å². The maximum atomic E-state index is 12.4. The van der Waals surface area contributed by atoms with Gasteiger partial charge in [-0.3, -0.25) is 14.1 Å². The number of piperazine rings is 1. The van der Waals surface area contributed by atoms with Crippen LogP contribution in [0.4, 0.5) is 5.95 Å². The Labute approximate surface area is 155 Å². The van der Waals surface area contributed by atoms with Gasteiger partial charge in [0.25, 0.3) is 0 Å². The summed E-state index contributed by atoms with van der Waals surface area (Å²) in [6, 6.07) is 1.71. The van der Waals surface area contributed by atoms with Crippen LogP contribution in [0.3, 0.4) is 0 Å². The molecule has 0 aromatic carbocycles. The lowest BCUT2D eigenvalue weighted by Gasteiger charge is -2.34. The van der Waals surface area contributed by atoms with Crippen molar-refractivity contribution in [1.29, 1.82) is 0 Å². The molecule has 3 aromatic rings. The van der Waals surface area contributed by atoms with Gasteiger partial charge in [0.05, 0.1) is 18.3 Å². The van der Waals surface area contributed by atoms with Crippen molar-refractivity contribution in [2.45, 2.75) is 13.0 Å². The van der Waals surface area contributed by atoms with E-state index in [9.17, 15) is 4.79 Å². The molecule has 8 nitrogen and oxygen atoms in total. The number of anilines is 1. The number of thiazole rings is 1. The summed E-state index contributed by atoms with van der Waals surface area (Å²) < 4.78 is 1.98. The lowest BCUT2D eigenvalue weighted by molar-refractivity contribution is -0.123. The Morgan fingerprint density at radius 3 is 2.77 bits per heavy atom. The predicted molar refractivity (Wildman–Crippen MR) is 100 cm³/mol. The van der Waals surface area contributed by atoms with Gasteiger partial charge in [-0.05, 0) is 13.0 Å². The average molecular weight is 371 g/mol. The molecule has 0 spiro atoms. The third-order valence-corrected chi connectivity index (χ3v) is 5.28. The number of imidazole rings is 1. The van der Waals surface area contributed by atoms with Crippen LogP contribution in [0.2, 0.25) is 0 Å². The lowest BCUT2D eigenvalue weighted by Crippen LogP contribution is -2.50. The van der Waals surface area contributed by atoms with E-state index in [4.69, 9.17) is 0 Å². The fourth-order valence-corrected chi connectivity index (χ4v) is 3.79. The van der Waals surface area contributed by atoms with Crippen LogP contribution < -0.4 is 10.2 Å².